The van der Waals surface area contributed by atoms with Gasteiger partial charge in [0.05, 0.1) is 17.7 Å². The zero-order valence-electron chi connectivity index (χ0n) is 21.0. The molecule has 0 N–H and O–H groups in total. The molecule has 0 fully saturated rings. The number of carbonyl (C=O) groups is 2. The SMILES string of the molecule is O=C(CCN(CCC(=O)OC/C=C/c1ccccc1)S(=O)(=O)c1ccccc1)OC/C=C/c1ccccc1. The molecule has 0 amide bonds. The van der Waals surface area contributed by atoms with Crippen LogP contribution in [0.2, 0.25) is 0 Å². The lowest BCUT2D eigenvalue weighted by Gasteiger charge is -2.21. The van der Waals surface area contributed by atoms with Crippen LogP contribution < -0.4 is 0 Å². The van der Waals surface area contributed by atoms with Crippen LogP contribution >= 0.6 is 0 Å². The van der Waals surface area contributed by atoms with Crippen LogP contribution in [0.25, 0.3) is 12.2 Å². The lowest BCUT2D eigenvalue weighted by Crippen LogP contribution is -2.35. The summed E-state index contributed by atoms with van der Waals surface area (Å²) < 4.78 is 37.9. The molecule has 0 unspecified atom stereocenters. The summed E-state index contributed by atoms with van der Waals surface area (Å²) in [7, 11) is -3.92. The summed E-state index contributed by atoms with van der Waals surface area (Å²) >= 11 is 0. The second-order valence-electron chi connectivity index (χ2n) is 8.21. The van der Waals surface area contributed by atoms with Gasteiger partial charge in [-0.05, 0) is 35.4 Å². The fraction of sp³-hybridized carbons (Fsp3) is 0.200. The third-order valence-electron chi connectivity index (χ3n) is 5.41. The van der Waals surface area contributed by atoms with Crippen molar-refractivity contribution >= 4 is 34.1 Å². The summed E-state index contributed by atoms with van der Waals surface area (Å²) in [4.78, 5) is 24.6. The Labute approximate surface area is 224 Å². The van der Waals surface area contributed by atoms with Crippen molar-refractivity contribution < 1.29 is 27.5 Å². The van der Waals surface area contributed by atoms with Crippen molar-refractivity contribution in [1.82, 2.24) is 4.31 Å². The summed E-state index contributed by atoms with van der Waals surface area (Å²) in [5.74, 6) is -1.07. The summed E-state index contributed by atoms with van der Waals surface area (Å²) in [6.07, 6.45) is 6.79. The van der Waals surface area contributed by atoms with Crippen LogP contribution in [0.15, 0.2) is 108 Å². The molecule has 0 aliphatic heterocycles. The molecule has 0 atom stereocenters. The molecule has 0 saturated heterocycles. The van der Waals surface area contributed by atoms with Gasteiger partial charge >= 0.3 is 11.9 Å². The third-order valence-corrected chi connectivity index (χ3v) is 7.33. The van der Waals surface area contributed by atoms with Crippen LogP contribution in [-0.2, 0) is 29.1 Å². The molecule has 0 saturated carbocycles. The maximum absolute atomic E-state index is 13.2. The third kappa shape index (κ3) is 9.80. The number of hydrogen-bond acceptors (Lipinski definition) is 6. The highest BCUT2D eigenvalue weighted by Crippen LogP contribution is 2.16. The number of carbonyl (C=O) groups excluding carboxylic acids is 2. The first kappa shape index (κ1) is 28.6. The Kier molecular flexibility index (Phi) is 11.5. The number of esters is 2. The van der Waals surface area contributed by atoms with E-state index in [0.29, 0.717) is 0 Å². The standard InChI is InChI=1S/C30H31NO6S/c32-29(36-24-10-16-26-12-4-1-5-13-26)20-22-31(38(34,35)28-18-8-3-9-19-28)23-21-30(33)37-25-11-17-27-14-6-2-7-15-27/h1-19H,20-25H2/b16-10+,17-11+. The van der Waals surface area contributed by atoms with E-state index >= 15 is 0 Å². The fourth-order valence-electron chi connectivity index (χ4n) is 3.45. The molecule has 198 valence electrons. The van der Waals surface area contributed by atoms with Gasteiger partial charge < -0.3 is 9.47 Å². The number of benzene rings is 3. The second-order valence-corrected chi connectivity index (χ2v) is 10.1. The average Bonchev–Trinajstić information content (AvgIpc) is 2.95. The van der Waals surface area contributed by atoms with Gasteiger partial charge in [-0.2, -0.15) is 4.31 Å². The van der Waals surface area contributed by atoms with E-state index in [0.717, 1.165) is 15.4 Å². The number of ether oxygens (including phenoxy) is 2. The van der Waals surface area contributed by atoms with E-state index < -0.39 is 22.0 Å². The van der Waals surface area contributed by atoms with Gasteiger partial charge in [0.25, 0.3) is 0 Å². The summed E-state index contributed by atoms with van der Waals surface area (Å²) in [5.41, 5.74) is 1.96. The van der Waals surface area contributed by atoms with Crippen LogP contribution in [-0.4, -0.2) is 51.0 Å². The van der Waals surface area contributed by atoms with Crippen LogP contribution in [0.3, 0.4) is 0 Å². The van der Waals surface area contributed by atoms with E-state index in [2.05, 4.69) is 0 Å². The van der Waals surface area contributed by atoms with Gasteiger partial charge in [0.15, 0.2) is 0 Å². The predicted molar refractivity (Wildman–Crippen MR) is 147 cm³/mol. The van der Waals surface area contributed by atoms with E-state index in [9.17, 15) is 18.0 Å². The number of sulfonamides is 1. The fourth-order valence-corrected chi connectivity index (χ4v) is 4.91. The Morgan fingerprint density at radius 1 is 0.632 bits per heavy atom. The molecule has 0 bridgehead atoms. The Morgan fingerprint density at radius 2 is 1.03 bits per heavy atom. The molecule has 8 heteroatoms. The van der Waals surface area contributed by atoms with Crippen molar-refractivity contribution in [3.63, 3.8) is 0 Å². The van der Waals surface area contributed by atoms with Gasteiger partial charge in [-0.15, -0.1) is 0 Å². The maximum Gasteiger partial charge on any atom is 0.307 e. The zero-order valence-corrected chi connectivity index (χ0v) is 21.8. The molecule has 3 rings (SSSR count). The van der Waals surface area contributed by atoms with Crippen LogP contribution in [0.4, 0.5) is 0 Å². The lowest BCUT2D eigenvalue weighted by atomic mass is 10.2. The molecular formula is C30H31NO6S. The first-order valence-corrected chi connectivity index (χ1v) is 13.7. The molecule has 0 heterocycles. The minimum Gasteiger partial charge on any atom is -0.461 e. The Balaban J connectivity index is 1.52. The monoisotopic (exact) mass is 533 g/mol. The van der Waals surface area contributed by atoms with Gasteiger partial charge in [0, 0.05) is 13.1 Å². The molecule has 3 aromatic rings. The Bertz CT molecular complexity index is 1240. The van der Waals surface area contributed by atoms with Crippen molar-refractivity contribution in [2.45, 2.75) is 17.7 Å². The van der Waals surface area contributed by atoms with E-state index in [4.69, 9.17) is 9.47 Å². The van der Waals surface area contributed by atoms with Crippen LogP contribution in [0.5, 0.6) is 0 Å². The summed E-state index contributed by atoms with van der Waals surface area (Å²) in [6, 6.07) is 27.1. The van der Waals surface area contributed by atoms with E-state index in [1.54, 1.807) is 30.4 Å². The number of nitrogens with zero attached hydrogens (tertiary/aromatic N) is 1. The molecule has 0 radical (unpaired) electrons. The van der Waals surface area contributed by atoms with Gasteiger partial charge in [-0.3, -0.25) is 9.59 Å². The van der Waals surface area contributed by atoms with Gasteiger partial charge in [0.1, 0.15) is 13.2 Å². The Morgan fingerprint density at radius 3 is 1.45 bits per heavy atom. The highest BCUT2D eigenvalue weighted by molar-refractivity contribution is 7.89. The molecule has 38 heavy (non-hydrogen) atoms. The van der Waals surface area contributed by atoms with Crippen molar-refractivity contribution in [1.29, 1.82) is 0 Å². The predicted octanol–water partition coefficient (Wildman–Crippen LogP) is 4.97. The molecule has 7 nitrogen and oxygen atoms in total. The first-order valence-electron chi connectivity index (χ1n) is 12.2. The maximum atomic E-state index is 13.2. The summed E-state index contributed by atoms with van der Waals surface area (Å²) in [6.45, 7) is -0.108. The van der Waals surface area contributed by atoms with Gasteiger partial charge in [-0.25, -0.2) is 8.42 Å². The van der Waals surface area contributed by atoms with Crippen molar-refractivity contribution in [3.05, 3.63) is 114 Å². The summed E-state index contributed by atoms with van der Waals surface area (Å²) in [5, 5.41) is 0. The smallest absolute Gasteiger partial charge is 0.307 e. The topological polar surface area (TPSA) is 90.0 Å². The van der Waals surface area contributed by atoms with Crippen molar-refractivity contribution in [3.8, 4) is 0 Å². The quantitative estimate of drug-likeness (QED) is 0.272. The minimum absolute atomic E-state index is 0.0714. The first-order chi connectivity index (χ1) is 18.4. The molecular weight excluding hydrogens is 502 g/mol. The lowest BCUT2D eigenvalue weighted by molar-refractivity contribution is -0.142. The van der Waals surface area contributed by atoms with Crippen LogP contribution in [0.1, 0.15) is 24.0 Å². The molecule has 3 aromatic carbocycles. The number of rotatable bonds is 14. The van der Waals surface area contributed by atoms with Crippen LogP contribution in [0, 0.1) is 0 Å². The highest BCUT2D eigenvalue weighted by atomic mass is 32.2. The van der Waals surface area contributed by atoms with Gasteiger partial charge in [-0.1, -0.05) is 91.0 Å². The largest absolute Gasteiger partial charge is 0.461 e. The Hall–Kier alpha value is -4.01. The average molecular weight is 534 g/mol. The van der Waals surface area contributed by atoms with Crippen molar-refractivity contribution in [2.24, 2.45) is 0 Å². The second kappa shape index (κ2) is 15.3. The number of hydrogen-bond donors (Lipinski definition) is 0. The van der Waals surface area contributed by atoms with E-state index in [-0.39, 0.29) is 44.0 Å². The normalized spacial score (nSPS) is 11.7. The molecule has 0 aliphatic rings. The van der Waals surface area contributed by atoms with E-state index in [1.807, 2.05) is 72.8 Å². The van der Waals surface area contributed by atoms with Crippen molar-refractivity contribution in [2.75, 3.05) is 26.3 Å². The van der Waals surface area contributed by atoms with E-state index in [1.165, 1.54) is 12.1 Å². The molecule has 0 aromatic heterocycles. The molecule has 0 spiro atoms. The molecule has 0 aliphatic carbocycles. The zero-order chi connectivity index (χ0) is 27.1. The highest BCUT2D eigenvalue weighted by Gasteiger charge is 2.25. The minimum atomic E-state index is -3.92. The van der Waals surface area contributed by atoms with Gasteiger partial charge in [0.2, 0.25) is 10.0 Å².